The van der Waals surface area contributed by atoms with Crippen molar-refractivity contribution in [3.05, 3.63) is 39.5 Å². The molecule has 1 aromatic carbocycles. The number of benzene rings is 1. The summed E-state index contributed by atoms with van der Waals surface area (Å²) in [5.74, 6) is -0.828. The molecule has 30 heavy (non-hydrogen) atoms. The highest BCUT2D eigenvalue weighted by molar-refractivity contribution is 9.10. The lowest BCUT2D eigenvalue weighted by molar-refractivity contribution is -0.149. The molecule has 2 heterocycles. The van der Waals surface area contributed by atoms with Crippen molar-refractivity contribution >= 4 is 33.4 Å². The number of hydrogen-bond donors (Lipinski definition) is 0. The number of esters is 1. The molecule has 1 saturated heterocycles. The van der Waals surface area contributed by atoms with Gasteiger partial charge in [-0.1, -0.05) is 15.9 Å². The summed E-state index contributed by atoms with van der Waals surface area (Å²) in [7, 11) is 1.60. The van der Waals surface area contributed by atoms with Crippen molar-refractivity contribution in [1.82, 2.24) is 0 Å². The van der Waals surface area contributed by atoms with Crippen LogP contribution >= 0.6 is 15.9 Å². The molecular weight excluding hydrogens is 450 g/mol. The number of Topliss-reactive ketones (excluding diaryl/α,β-unsaturated/α-hetero) is 1. The lowest BCUT2D eigenvalue weighted by Gasteiger charge is -2.35. The van der Waals surface area contributed by atoms with Crippen LogP contribution in [0.15, 0.2) is 38.9 Å². The highest BCUT2D eigenvalue weighted by Crippen LogP contribution is 2.46. The number of carbonyl (C=O) groups is 2. The van der Waals surface area contributed by atoms with E-state index >= 15 is 0 Å². The van der Waals surface area contributed by atoms with E-state index in [0.29, 0.717) is 30.1 Å². The van der Waals surface area contributed by atoms with E-state index in [0.717, 1.165) is 41.4 Å². The normalized spacial score (nSPS) is 26.3. The number of methoxy groups -OCH3 is 1. The summed E-state index contributed by atoms with van der Waals surface area (Å²) in [6, 6.07) is 5.66. The number of rotatable bonds is 5. The Balaban J connectivity index is 1.74. The zero-order chi connectivity index (χ0) is 21.3. The van der Waals surface area contributed by atoms with Crippen LogP contribution in [-0.2, 0) is 19.1 Å². The number of aliphatic imine (C=N–C) groups is 1. The second-order valence-electron chi connectivity index (χ2n) is 8.00. The minimum absolute atomic E-state index is 0.0523. The summed E-state index contributed by atoms with van der Waals surface area (Å²) >= 11 is 3.52. The molecule has 4 rings (SSSR count). The Labute approximate surface area is 184 Å². The maximum Gasteiger partial charge on any atom is 0.315 e. The number of allylic oxidation sites excluding steroid dienone is 2. The van der Waals surface area contributed by atoms with Gasteiger partial charge in [0.25, 0.3) is 0 Å². The van der Waals surface area contributed by atoms with Gasteiger partial charge in [0.1, 0.15) is 18.3 Å². The van der Waals surface area contributed by atoms with Crippen molar-refractivity contribution in [2.75, 3.05) is 20.3 Å². The van der Waals surface area contributed by atoms with Gasteiger partial charge in [-0.15, -0.1) is 0 Å². The number of ketones is 1. The molecule has 1 fully saturated rings. The summed E-state index contributed by atoms with van der Waals surface area (Å²) in [5.41, 5.74) is 2.89. The van der Waals surface area contributed by atoms with Crippen molar-refractivity contribution in [1.29, 1.82) is 0 Å². The maximum absolute atomic E-state index is 13.3. The average Bonchev–Trinajstić information content (AvgIpc) is 3.25. The van der Waals surface area contributed by atoms with E-state index in [2.05, 4.69) is 20.9 Å². The zero-order valence-corrected chi connectivity index (χ0v) is 18.9. The fraction of sp³-hybridized carbons (Fsp3) is 0.522. The molecule has 0 radical (unpaired) electrons. The van der Waals surface area contributed by atoms with Gasteiger partial charge in [-0.2, -0.15) is 0 Å². The molecule has 2 aliphatic heterocycles. The molecule has 0 aromatic heterocycles. The maximum atomic E-state index is 13.3. The van der Waals surface area contributed by atoms with Crippen LogP contribution in [0, 0.1) is 5.92 Å². The summed E-state index contributed by atoms with van der Waals surface area (Å²) in [5, 5.41) is 0. The number of halogens is 1. The first-order valence-electron chi connectivity index (χ1n) is 10.4. The largest absolute Gasteiger partial charge is 0.496 e. The quantitative estimate of drug-likeness (QED) is 0.591. The number of carbonyl (C=O) groups excluding carboxylic acids is 2. The average molecular weight is 476 g/mol. The van der Waals surface area contributed by atoms with Gasteiger partial charge in [0.15, 0.2) is 5.78 Å². The molecule has 6 nitrogen and oxygen atoms in total. The third-order valence-corrected chi connectivity index (χ3v) is 6.54. The molecule has 0 spiro atoms. The predicted octanol–water partition coefficient (Wildman–Crippen LogP) is 4.36. The first-order valence-corrected chi connectivity index (χ1v) is 11.2. The van der Waals surface area contributed by atoms with E-state index in [-0.39, 0.29) is 24.5 Å². The molecule has 0 bridgehead atoms. The number of ether oxygens (including phenoxy) is 3. The predicted molar refractivity (Wildman–Crippen MR) is 116 cm³/mol. The van der Waals surface area contributed by atoms with Crippen molar-refractivity contribution in [3.63, 3.8) is 0 Å². The van der Waals surface area contributed by atoms with Gasteiger partial charge in [0.05, 0.1) is 13.2 Å². The number of hydrogen-bond acceptors (Lipinski definition) is 6. The van der Waals surface area contributed by atoms with E-state index in [1.54, 1.807) is 7.11 Å². The Bertz CT molecular complexity index is 916. The van der Waals surface area contributed by atoms with Crippen LogP contribution in [-0.4, -0.2) is 43.9 Å². The molecule has 160 valence electrons. The van der Waals surface area contributed by atoms with Gasteiger partial charge in [-0.25, -0.2) is 0 Å². The van der Waals surface area contributed by atoms with E-state index < -0.39 is 11.8 Å². The first kappa shape index (κ1) is 21.2. The van der Waals surface area contributed by atoms with Crippen LogP contribution < -0.4 is 4.74 Å². The molecule has 7 heteroatoms. The monoisotopic (exact) mass is 475 g/mol. The zero-order valence-electron chi connectivity index (χ0n) is 17.3. The van der Waals surface area contributed by atoms with Crippen LogP contribution in [0.3, 0.4) is 0 Å². The summed E-state index contributed by atoms with van der Waals surface area (Å²) in [6.07, 6.45) is 3.81. The van der Waals surface area contributed by atoms with Crippen LogP contribution in [0.4, 0.5) is 0 Å². The Kier molecular flexibility index (Phi) is 6.39. The lowest BCUT2D eigenvalue weighted by atomic mass is 9.71. The minimum Gasteiger partial charge on any atom is -0.496 e. The highest BCUT2D eigenvalue weighted by atomic mass is 79.9. The second kappa shape index (κ2) is 9.02. The molecule has 1 unspecified atom stereocenters. The molecule has 0 saturated carbocycles. The van der Waals surface area contributed by atoms with Crippen molar-refractivity contribution in [2.24, 2.45) is 10.9 Å². The molecule has 1 aliphatic carbocycles. The fourth-order valence-corrected chi connectivity index (χ4v) is 5.02. The van der Waals surface area contributed by atoms with Crippen LogP contribution in [0.25, 0.3) is 0 Å². The Morgan fingerprint density at radius 1 is 1.30 bits per heavy atom. The smallest absolute Gasteiger partial charge is 0.315 e. The van der Waals surface area contributed by atoms with E-state index in [1.807, 2.05) is 25.1 Å². The van der Waals surface area contributed by atoms with Crippen LogP contribution in [0.2, 0.25) is 0 Å². The highest BCUT2D eigenvalue weighted by Gasteiger charge is 2.44. The minimum atomic E-state index is -0.671. The molecule has 3 aliphatic rings. The molecule has 1 aromatic rings. The number of nitrogens with zero attached hydrogens (tertiary/aromatic N) is 1. The molecule has 0 N–H and O–H groups in total. The Morgan fingerprint density at radius 3 is 2.87 bits per heavy atom. The first-order chi connectivity index (χ1) is 14.5. The van der Waals surface area contributed by atoms with Crippen LogP contribution in [0.1, 0.15) is 50.5 Å². The summed E-state index contributed by atoms with van der Waals surface area (Å²) in [4.78, 5) is 30.9. The van der Waals surface area contributed by atoms with Crippen molar-refractivity contribution < 1.29 is 23.8 Å². The standard InChI is InChI=1S/C23H26BrNO5/c1-13-20(23(27)30-12-15-5-4-10-29-15)21(16-11-14(24)8-9-19(16)28-2)22-17(25-13)6-3-7-18(22)26/h8-9,11,15,20-21H,3-7,10,12H2,1-2H3/t15-,20?,21-/m1/s1. The van der Waals surface area contributed by atoms with Gasteiger partial charge in [0.2, 0.25) is 0 Å². The topological polar surface area (TPSA) is 74.2 Å². The fourth-order valence-electron chi connectivity index (χ4n) is 4.64. The van der Waals surface area contributed by atoms with Gasteiger partial charge in [-0.3, -0.25) is 14.6 Å². The van der Waals surface area contributed by atoms with Gasteiger partial charge >= 0.3 is 5.97 Å². The third kappa shape index (κ3) is 4.10. The van der Waals surface area contributed by atoms with Crippen LogP contribution in [0.5, 0.6) is 5.75 Å². The summed E-state index contributed by atoms with van der Waals surface area (Å²) in [6.45, 7) is 2.78. The molecular formula is C23H26BrNO5. The van der Waals surface area contributed by atoms with Crippen molar-refractivity contribution in [2.45, 2.75) is 51.0 Å². The van der Waals surface area contributed by atoms with E-state index in [1.165, 1.54) is 0 Å². The van der Waals surface area contributed by atoms with E-state index in [9.17, 15) is 9.59 Å². The van der Waals surface area contributed by atoms with Gasteiger partial charge < -0.3 is 14.2 Å². The van der Waals surface area contributed by atoms with Gasteiger partial charge in [0, 0.05) is 46.0 Å². The van der Waals surface area contributed by atoms with Gasteiger partial charge in [-0.05, 0) is 50.8 Å². The van der Waals surface area contributed by atoms with Crippen molar-refractivity contribution in [3.8, 4) is 5.75 Å². The lowest BCUT2D eigenvalue weighted by Crippen LogP contribution is -2.38. The SMILES string of the molecule is COc1ccc(Br)cc1[C@H]1C2=C(CCCC2=O)N=C(C)C1C(=O)OC[C@H]1CCCO1. The molecule has 3 atom stereocenters. The second-order valence-corrected chi connectivity index (χ2v) is 8.91. The third-order valence-electron chi connectivity index (χ3n) is 6.05. The Hall–Kier alpha value is -1.99. The molecule has 0 amide bonds. The van der Waals surface area contributed by atoms with E-state index in [4.69, 9.17) is 14.2 Å². The summed E-state index contributed by atoms with van der Waals surface area (Å²) < 4.78 is 17.7. The Morgan fingerprint density at radius 2 is 2.13 bits per heavy atom.